The molecule has 0 aromatic heterocycles. The molecule has 10 nitrogen and oxygen atoms in total. The molecular formula is C33H48O10. The van der Waals surface area contributed by atoms with Crippen LogP contribution in [0.4, 0.5) is 0 Å². The van der Waals surface area contributed by atoms with Crippen LogP contribution in [0.1, 0.15) is 58.3 Å². The maximum Gasteiger partial charge on any atom is 0.331 e. The number of rotatable bonds is 23. The average Bonchev–Trinajstić information content (AvgIpc) is 3.01. The summed E-state index contributed by atoms with van der Waals surface area (Å²) in [5, 5.41) is 39.8. The molecule has 240 valence electrons. The Balaban J connectivity index is 4.02. The predicted octanol–water partition coefficient (Wildman–Crippen LogP) is 3.72. The number of aliphatic hydroxyl groups excluding tert-OH is 4. The molecule has 10 heteroatoms. The number of ether oxygens (including phenoxy) is 3. The molecular weight excluding hydrogens is 556 g/mol. The van der Waals surface area contributed by atoms with Crippen LogP contribution in [0.2, 0.25) is 0 Å². The summed E-state index contributed by atoms with van der Waals surface area (Å²) in [6.45, 7) is 0.802. The highest BCUT2D eigenvalue weighted by Crippen LogP contribution is 2.08. The second-order valence-corrected chi connectivity index (χ2v) is 9.24. The van der Waals surface area contributed by atoms with Gasteiger partial charge in [0.15, 0.2) is 0 Å². The minimum absolute atomic E-state index is 0.0607. The van der Waals surface area contributed by atoms with Gasteiger partial charge >= 0.3 is 17.9 Å². The lowest BCUT2D eigenvalue weighted by Gasteiger charge is -2.26. The summed E-state index contributed by atoms with van der Waals surface area (Å²) >= 11 is 0. The van der Waals surface area contributed by atoms with Crippen molar-refractivity contribution < 1.29 is 49.0 Å². The van der Waals surface area contributed by atoms with Crippen LogP contribution in [-0.2, 0) is 28.6 Å². The van der Waals surface area contributed by atoms with Gasteiger partial charge in [0.2, 0.25) is 0 Å². The fourth-order valence-corrected chi connectivity index (χ4v) is 3.16. The SMILES string of the molecule is CC/C=C\C/C=C\C/C=C\C/C=C\C/C=C\C/C=C\CCC(=O)OC[C@@H](O)[C@@H](O)[C@H](O)[C@H](O)COC(=O)/C=C/C(=O)OC. The number of carbonyl (C=O) groups is 3. The number of carbonyl (C=O) groups excluding carboxylic acids is 3. The molecule has 0 unspecified atom stereocenters. The van der Waals surface area contributed by atoms with E-state index in [0.29, 0.717) is 6.42 Å². The molecule has 0 heterocycles. The van der Waals surface area contributed by atoms with E-state index in [1.54, 1.807) is 0 Å². The summed E-state index contributed by atoms with van der Waals surface area (Å²) in [5.41, 5.74) is 0. The van der Waals surface area contributed by atoms with Crippen molar-refractivity contribution in [2.75, 3.05) is 20.3 Å². The van der Waals surface area contributed by atoms with Crippen molar-refractivity contribution in [1.82, 2.24) is 0 Å². The number of hydrogen-bond donors (Lipinski definition) is 4. The fraction of sp³-hybridized carbons (Fsp3) is 0.485. The largest absolute Gasteiger partial charge is 0.466 e. The number of hydrogen-bond acceptors (Lipinski definition) is 10. The van der Waals surface area contributed by atoms with E-state index in [-0.39, 0.29) is 6.42 Å². The first-order valence-corrected chi connectivity index (χ1v) is 14.4. The Hall–Kier alpha value is -3.57. The summed E-state index contributed by atoms with van der Waals surface area (Å²) < 4.78 is 13.9. The second-order valence-electron chi connectivity index (χ2n) is 9.24. The Morgan fingerprint density at radius 2 is 0.977 bits per heavy atom. The molecule has 0 aliphatic rings. The van der Waals surface area contributed by atoms with E-state index in [1.165, 1.54) is 0 Å². The molecule has 0 saturated carbocycles. The van der Waals surface area contributed by atoms with Crippen molar-refractivity contribution in [1.29, 1.82) is 0 Å². The van der Waals surface area contributed by atoms with Crippen LogP contribution in [-0.4, -0.2) is 83.1 Å². The molecule has 4 atom stereocenters. The lowest BCUT2D eigenvalue weighted by Crippen LogP contribution is -2.48. The number of esters is 3. The van der Waals surface area contributed by atoms with E-state index in [0.717, 1.165) is 57.8 Å². The van der Waals surface area contributed by atoms with E-state index >= 15 is 0 Å². The van der Waals surface area contributed by atoms with Crippen LogP contribution in [0, 0.1) is 0 Å². The smallest absolute Gasteiger partial charge is 0.331 e. The lowest BCUT2D eigenvalue weighted by atomic mass is 10.0. The molecule has 0 aliphatic heterocycles. The fourth-order valence-electron chi connectivity index (χ4n) is 3.16. The van der Waals surface area contributed by atoms with E-state index < -0.39 is 55.5 Å². The van der Waals surface area contributed by atoms with Gasteiger partial charge in [0.25, 0.3) is 0 Å². The van der Waals surface area contributed by atoms with E-state index in [1.807, 2.05) is 18.2 Å². The van der Waals surface area contributed by atoms with Gasteiger partial charge in [-0.15, -0.1) is 0 Å². The number of allylic oxidation sites excluding steroid dienone is 12. The Kier molecular flexibility index (Phi) is 25.0. The second kappa shape index (κ2) is 27.3. The Morgan fingerprint density at radius 3 is 1.42 bits per heavy atom. The van der Waals surface area contributed by atoms with Crippen molar-refractivity contribution in [3.63, 3.8) is 0 Å². The van der Waals surface area contributed by atoms with E-state index in [2.05, 4.69) is 71.1 Å². The highest BCUT2D eigenvalue weighted by atomic mass is 16.6. The standard InChI is InChI=1S/C33H48O10/c1-3-4-5-6-7-8-9-10-11-12-13-14-15-16-17-18-19-20-21-22-30(37)42-25-27(34)32(39)33(40)28(35)26-43-31(38)24-23-29(36)41-2/h4-5,7-8,10-11,13-14,16-17,19-20,23-24,27-28,32-35,39-40H,3,6,9,12,15,18,21-22,25-26H2,1-2H3/b5-4-,8-7-,11-10-,14-13-,17-16-,20-19-,24-23+/t27-,28-,32-,33-/m1/s1. The van der Waals surface area contributed by atoms with Crippen LogP contribution >= 0.6 is 0 Å². The quantitative estimate of drug-likeness (QED) is 0.0586. The molecule has 0 bridgehead atoms. The zero-order valence-electron chi connectivity index (χ0n) is 25.2. The minimum Gasteiger partial charge on any atom is -0.466 e. The van der Waals surface area contributed by atoms with E-state index in [4.69, 9.17) is 4.74 Å². The van der Waals surface area contributed by atoms with Crippen LogP contribution in [0.15, 0.2) is 85.1 Å². The lowest BCUT2D eigenvalue weighted by molar-refractivity contribution is -0.160. The van der Waals surface area contributed by atoms with Gasteiger partial charge < -0.3 is 34.6 Å². The summed E-state index contributed by atoms with van der Waals surface area (Å²) in [5.74, 6) is -2.39. The van der Waals surface area contributed by atoms with Gasteiger partial charge in [-0.2, -0.15) is 0 Å². The van der Waals surface area contributed by atoms with Gasteiger partial charge in [-0.3, -0.25) is 4.79 Å². The Labute approximate surface area is 255 Å². The third-order valence-corrected chi connectivity index (χ3v) is 5.62. The third kappa shape index (κ3) is 23.7. The summed E-state index contributed by atoms with van der Waals surface area (Å²) in [7, 11) is 1.12. The van der Waals surface area contributed by atoms with Crippen molar-refractivity contribution in [2.45, 2.75) is 82.7 Å². The molecule has 0 aromatic rings. The molecule has 0 aliphatic carbocycles. The average molecular weight is 605 g/mol. The molecule has 0 radical (unpaired) electrons. The van der Waals surface area contributed by atoms with Crippen LogP contribution < -0.4 is 0 Å². The monoisotopic (exact) mass is 604 g/mol. The summed E-state index contributed by atoms with van der Waals surface area (Å²) in [4.78, 5) is 34.3. The molecule has 0 saturated heterocycles. The zero-order chi connectivity index (χ0) is 32.1. The van der Waals surface area contributed by atoms with Crippen LogP contribution in [0.3, 0.4) is 0 Å². The summed E-state index contributed by atoms with van der Waals surface area (Å²) in [6.07, 6.45) is 25.4. The molecule has 4 N–H and O–H groups in total. The first-order valence-electron chi connectivity index (χ1n) is 14.4. The summed E-state index contributed by atoms with van der Waals surface area (Å²) in [6, 6.07) is 0. The highest BCUT2D eigenvalue weighted by molar-refractivity contribution is 5.91. The highest BCUT2D eigenvalue weighted by Gasteiger charge is 2.31. The normalized spacial score (nSPS) is 15.4. The van der Waals surface area contributed by atoms with Crippen molar-refractivity contribution >= 4 is 17.9 Å². The predicted molar refractivity (Wildman–Crippen MR) is 165 cm³/mol. The molecule has 0 spiro atoms. The number of aliphatic hydroxyl groups is 4. The van der Waals surface area contributed by atoms with Gasteiger partial charge in [-0.1, -0.05) is 79.8 Å². The van der Waals surface area contributed by atoms with Crippen molar-refractivity contribution in [3.8, 4) is 0 Å². The molecule has 0 rings (SSSR count). The molecule has 0 aromatic carbocycles. The molecule has 0 amide bonds. The Bertz CT molecular complexity index is 974. The first-order chi connectivity index (χ1) is 20.7. The van der Waals surface area contributed by atoms with E-state index in [9.17, 15) is 34.8 Å². The molecule has 43 heavy (non-hydrogen) atoms. The maximum atomic E-state index is 11.9. The third-order valence-electron chi connectivity index (χ3n) is 5.62. The minimum atomic E-state index is -1.90. The van der Waals surface area contributed by atoms with Crippen molar-refractivity contribution in [2.24, 2.45) is 0 Å². The number of methoxy groups -OCH3 is 1. The topological polar surface area (TPSA) is 160 Å². The van der Waals surface area contributed by atoms with Crippen LogP contribution in [0.5, 0.6) is 0 Å². The van der Waals surface area contributed by atoms with Gasteiger partial charge in [0.1, 0.15) is 37.6 Å². The van der Waals surface area contributed by atoms with Gasteiger partial charge in [0.05, 0.1) is 7.11 Å². The zero-order valence-corrected chi connectivity index (χ0v) is 25.2. The van der Waals surface area contributed by atoms with Gasteiger partial charge in [0, 0.05) is 18.6 Å². The first kappa shape index (κ1) is 39.4. The molecule has 0 fully saturated rings. The van der Waals surface area contributed by atoms with Gasteiger partial charge in [-0.05, 0) is 44.9 Å². The van der Waals surface area contributed by atoms with Gasteiger partial charge in [-0.25, -0.2) is 9.59 Å². The van der Waals surface area contributed by atoms with Crippen LogP contribution in [0.25, 0.3) is 0 Å². The van der Waals surface area contributed by atoms with Crippen molar-refractivity contribution in [3.05, 3.63) is 85.1 Å². The Morgan fingerprint density at radius 1 is 0.581 bits per heavy atom. The maximum absolute atomic E-state index is 11.9.